The fourth-order valence-corrected chi connectivity index (χ4v) is 3.44. The molecule has 0 saturated carbocycles. The van der Waals surface area contributed by atoms with Crippen molar-refractivity contribution in [2.75, 3.05) is 11.9 Å². The third-order valence-corrected chi connectivity index (χ3v) is 5.09. The molecule has 0 aliphatic rings. The summed E-state index contributed by atoms with van der Waals surface area (Å²) in [6.45, 7) is 3.59. The number of para-hydroxylation sites is 1. The van der Waals surface area contributed by atoms with Crippen molar-refractivity contribution in [3.05, 3.63) is 79.0 Å². The Hall–Kier alpha value is -3.03. The number of rotatable bonds is 6. The summed E-state index contributed by atoms with van der Waals surface area (Å²) in [4.78, 5) is 16.8. The second kappa shape index (κ2) is 7.47. The number of sulfonamides is 1. The lowest BCUT2D eigenvalue weighted by molar-refractivity contribution is 0.102. The molecule has 0 spiro atoms. The average molecular weight is 367 g/mol. The number of amides is 1. The van der Waals surface area contributed by atoms with E-state index in [0.717, 1.165) is 10.9 Å². The molecule has 2 N–H and O–H groups in total. The van der Waals surface area contributed by atoms with E-state index in [0.29, 0.717) is 5.69 Å². The SMILES string of the molecule is C=CCNS(=O)(=O)c1cccc(C(=O)Nc2cnc3ccccc3c2)c1. The van der Waals surface area contributed by atoms with E-state index in [9.17, 15) is 13.2 Å². The van der Waals surface area contributed by atoms with Gasteiger partial charge in [0.1, 0.15) is 0 Å². The molecule has 1 amide bonds. The molecule has 0 aliphatic heterocycles. The molecule has 26 heavy (non-hydrogen) atoms. The standard InChI is InChI=1S/C19H17N3O3S/c1-2-10-21-26(24,25)17-8-5-7-15(12-17)19(23)22-16-11-14-6-3-4-9-18(14)20-13-16/h2-9,11-13,21H,1,10H2,(H,22,23). The molecule has 0 saturated heterocycles. The third kappa shape index (κ3) is 3.96. The van der Waals surface area contributed by atoms with Crippen molar-refractivity contribution in [1.29, 1.82) is 0 Å². The maximum Gasteiger partial charge on any atom is 0.255 e. The predicted molar refractivity (Wildman–Crippen MR) is 102 cm³/mol. The van der Waals surface area contributed by atoms with Crippen LogP contribution in [0.15, 0.2) is 78.3 Å². The summed E-state index contributed by atoms with van der Waals surface area (Å²) in [7, 11) is -3.69. The number of fused-ring (bicyclic) bond motifs is 1. The van der Waals surface area contributed by atoms with Gasteiger partial charge in [0.15, 0.2) is 0 Å². The highest BCUT2D eigenvalue weighted by molar-refractivity contribution is 7.89. The Morgan fingerprint density at radius 2 is 1.92 bits per heavy atom. The van der Waals surface area contributed by atoms with Crippen molar-refractivity contribution in [1.82, 2.24) is 9.71 Å². The molecule has 0 atom stereocenters. The first-order valence-electron chi connectivity index (χ1n) is 7.86. The lowest BCUT2D eigenvalue weighted by atomic mass is 10.2. The molecule has 0 bridgehead atoms. The van der Waals surface area contributed by atoms with E-state index in [1.54, 1.807) is 12.3 Å². The van der Waals surface area contributed by atoms with Gasteiger partial charge in [0, 0.05) is 17.5 Å². The number of benzene rings is 2. The Labute approximate surface area is 151 Å². The molecule has 7 heteroatoms. The van der Waals surface area contributed by atoms with Crippen LogP contribution in [0, 0.1) is 0 Å². The van der Waals surface area contributed by atoms with Crippen molar-refractivity contribution < 1.29 is 13.2 Å². The van der Waals surface area contributed by atoms with Crippen LogP contribution in [0.3, 0.4) is 0 Å². The maximum atomic E-state index is 12.5. The quantitative estimate of drug-likeness (QED) is 0.656. The van der Waals surface area contributed by atoms with Crippen molar-refractivity contribution in [2.24, 2.45) is 0 Å². The number of carbonyl (C=O) groups excluding carboxylic acids is 1. The first-order valence-corrected chi connectivity index (χ1v) is 9.35. The molecule has 132 valence electrons. The normalized spacial score (nSPS) is 11.2. The number of carbonyl (C=O) groups is 1. The molecule has 3 aromatic rings. The maximum absolute atomic E-state index is 12.5. The second-order valence-electron chi connectivity index (χ2n) is 5.54. The zero-order valence-corrected chi connectivity index (χ0v) is 14.7. The van der Waals surface area contributed by atoms with Gasteiger partial charge in [-0.2, -0.15) is 0 Å². The minimum absolute atomic E-state index is 0.0173. The minimum Gasteiger partial charge on any atom is -0.321 e. The van der Waals surface area contributed by atoms with Crippen LogP contribution < -0.4 is 10.0 Å². The molecule has 0 unspecified atom stereocenters. The highest BCUT2D eigenvalue weighted by atomic mass is 32.2. The molecule has 0 fully saturated rings. The van der Waals surface area contributed by atoms with Crippen LogP contribution in [-0.2, 0) is 10.0 Å². The van der Waals surface area contributed by atoms with Crippen LogP contribution in [0.25, 0.3) is 10.9 Å². The van der Waals surface area contributed by atoms with E-state index in [4.69, 9.17) is 0 Å². The summed E-state index contributed by atoms with van der Waals surface area (Å²) < 4.78 is 26.7. The topological polar surface area (TPSA) is 88.2 Å². The van der Waals surface area contributed by atoms with Crippen LogP contribution in [0.2, 0.25) is 0 Å². The smallest absolute Gasteiger partial charge is 0.255 e. The highest BCUT2D eigenvalue weighted by Crippen LogP contribution is 2.18. The van der Waals surface area contributed by atoms with Crippen molar-refractivity contribution in [2.45, 2.75) is 4.90 Å². The summed E-state index contributed by atoms with van der Waals surface area (Å²) >= 11 is 0. The Morgan fingerprint density at radius 1 is 1.12 bits per heavy atom. The average Bonchev–Trinajstić information content (AvgIpc) is 2.66. The summed E-state index contributed by atoms with van der Waals surface area (Å²) in [5, 5.41) is 3.64. The summed E-state index contributed by atoms with van der Waals surface area (Å²) in [6.07, 6.45) is 3.01. The van der Waals surface area contributed by atoms with E-state index in [1.165, 1.54) is 24.3 Å². The number of hydrogen-bond acceptors (Lipinski definition) is 4. The van der Waals surface area contributed by atoms with Gasteiger partial charge in [-0.15, -0.1) is 6.58 Å². The van der Waals surface area contributed by atoms with Gasteiger partial charge < -0.3 is 5.32 Å². The van der Waals surface area contributed by atoms with Gasteiger partial charge in [-0.1, -0.05) is 30.3 Å². The first kappa shape index (κ1) is 17.8. The van der Waals surface area contributed by atoms with Crippen LogP contribution >= 0.6 is 0 Å². The minimum atomic E-state index is -3.69. The number of anilines is 1. The van der Waals surface area contributed by atoms with Gasteiger partial charge in [0.05, 0.1) is 22.3 Å². The zero-order chi connectivity index (χ0) is 18.6. The van der Waals surface area contributed by atoms with E-state index in [1.807, 2.05) is 30.3 Å². The Kier molecular flexibility index (Phi) is 5.11. The number of hydrogen-bond donors (Lipinski definition) is 2. The largest absolute Gasteiger partial charge is 0.321 e. The van der Waals surface area contributed by atoms with Gasteiger partial charge in [-0.05, 0) is 30.3 Å². The Balaban J connectivity index is 1.83. The molecule has 1 heterocycles. The highest BCUT2D eigenvalue weighted by Gasteiger charge is 2.15. The van der Waals surface area contributed by atoms with Gasteiger partial charge in [-0.25, -0.2) is 13.1 Å². The summed E-state index contributed by atoms with van der Waals surface area (Å²) in [5.41, 5.74) is 1.60. The summed E-state index contributed by atoms with van der Waals surface area (Å²) in [6, 6.07) is 15.2. The van der Waals surface area contributed by atoms with E-state index < -0.39 is 15.9 Å². The summed E-state index contributed by atoms with van der Waals surface area (Å²) in [5.74, 6) is -0.414. The molecular formula is C19H17N3O3S. The molecule has 1 aromatic heterocycles. The molecule has 0 aliphatic carbocycles. The molecule has 6 nitrogen and oxygen atoms in total. The molecule has 2 aromatic carbocycles. The third-order valence-electron chi connectivity index (χ3n) is 3.67. The monoisotopic (exact) mass is 367 g/mol. The van der Waals surface area contributed by atoms with Crippen LogP contribution in [0.5, 0.6) is 0 Å². The predicted octanol–water partition coefficient (Wildman–Crippen LogP) is 2.95. The van der Waals surface area contributed by atoms with Crippen molar-refractivity contribution >= 4 is 32.5 Å². The Morgan fingerprint density at radius 3 is 2.73 bits per heavy atom. The van der Waals surface area contributed by atoms with Gasteiger partial charge >= 0.3 is 0 Å². The number of nitrogens with one attached hydrogen (secondary N) is 2. The van der Waals surface area contributed by atoms with E-state index >= 15 is 0 Å². The fraction of sp³-hybridized carbons (Fsp3) is 0.0526. The Bertz CT molecular complexity index is 1080. The fourth-order valence-electron chi connectivity index (χ4n) is 2.40. The van der Waals surface area contributed by atoms with Crippen LogP contribution in [0.4, 0.5) is 5.69 Å². The van der Waals surface area contributed by atoms with Gasteiger partial charge in [0.25, 0.3) is 5.91 Å². The molecule has 0 radical (unpaired) electrons. The second-order valence-corrected chi connectivity index (χ2v) is 7.31. The van der Waals surface area contributed by atoms with Gasteiger partial charge in [-0.3, -0.25) is 9.78 Å². The molecular weight excluding hydrogens is 350 g/mol. The number of pyridine rings is 1. The van der Waals surface area contributed by atoms with E-state index in [-0.39, 0.29) is 17.0 Å². The molecule has 3 rings (SSSR count). The van der Waals surface area contributed by atoms with E-state index in [2.05, 4.69) is 21.6 Å². The lowest BCUT2D eigenvalue weighted by Crippen LogP contribution is -2.24. The lowest BCUT2D eigenvalue weighted by Gasteiger charge is -2.08. The first-order chi connectivity index (χ1) is 12.5. The number of aromatic nitrogens is 1. The van der Waals surface area contributed by atoms with Crippen molar-refractivity contribution in [3.8, 4) is 0 Å². The van der Waals surface area contributed by atoms with Crippen LogP contribution in [-0.4, -0.2) is 25.9 Å². The van der Waals surface area contributed by atoms with Gasteiger partial charge in [0.2, 0.25) is 10.0 Å². The zero-order valence-electron chi connectivity index (χ0n) is 13.8. The van der Waals surface area contributed by atoms with Crippen molar-refractivity contribution in [3.63, 3.8) is 0 Å². The number of nitrogens with zero attached hydrogens (tertiary/aromatic N) is 1. The van der Waals surface area contributed by atoms with Crippen LogP contribution in [0.1, 0.15) is 10.4 Å².